The summed E-state index contributed by atoms with van der Waals surface area (Å²) in [7, 11) is 1.57. The number of aryl methyl sites for hydroxylation is 1. The molecule has 1 aliphatic rings. The van der Waals surface area contributed by atoms with Gasteiger partial charge in [-0.15, -0.1) is 0 Å². The number of hydrogen-bond acceptors (Lipinski definition) is 7. The molecule has 1 amide bonds. The van der Waals surface area contributed by atoms with Crippen LogP contribution in [0.5, 0.6) is 5.88 Å². The Hall–Kier alpha value is -2.68. The molecule has 29 heavy (non-hydrogen) atoms. The largest absolute Gasteiger partial charge is 0.480 e. The monoisotopic (exact) mass is 419 g/mol. The van der Waals surface area contributed by atoms with Crippen molar-refractivity contribution in [3.63, 3.8) is 0 Å². The Labute approximate surface area is 174 Å². The number of nitrogens with zero attached hydrogens (tertiary/aromatic N) is 3. The maximum atomic E-state index is 14.3. The first kappa shape index (κ1) is 22.6. The van der Waals surface area contributed by atoms with Crippen LogP contribution in [0.4, 0.5) is 10.1 Å². The van der Waals surface area contributed by atoms with Crippen LogP contribution in [0.1, 0.15) is 32.0 Å². The molecule has 0 spiro atoms. The molecule has 3 rings (SSSR count). The third-order valence-corrected chi connectivity index (χ3v) is 6.17. The zero-order valence-corrected chi connectivity index (χ0v) is 18.0. The number of nitrogens with two attached hydrogens (primary N) is 1. The number of hydrogen-bond donors (Lipinski definition) is 2. The minimum atomic E-state index is -0.771. The number of aliphatic imine (C=N–C) groups is 1. The fourth-order valence-electron chi connectivity index (χ4n) is 2.77. The third kappa shape index (κ3) is 5.23. The quantitative estimate of drug-likeness (QED) is 0.736. The summed E-state index contributed by atoms with van der Waals surface area (Å²) in [6.07, 6.45) is 3.83. The van der Waals surface area contributed by atoms with Crippen LogP contribution in [0, 0.1) is 18.2 Å². The van der Waals surface area contributed by atoms with E-state index in [4.69, 9.17) is 10.5 Å². The Bertz CT molecular complexity index is 889. The second kappa shape index (κ2) is 9.21. The highest BCUT2D eigenvalue weighted by molar-refractivity contribution is 8.13. The van der Waals surface area contributed by atoms with Gasteiger partial charge in [-0.3, -0.25) is 14.8 Å². The Morgan fingerprint density at radius 1 is 1.28 bits per heavy atom. The summed E-state index contributed by atoms with van der Waals surface area (Å²) in [4.78, 5) is 22.9. The first-order valence-electron chi connectivity index (χ1n) is 8.94. The van der Waals surface area contributed by atoms with Gasteiger partial charge in [0.1, 0.15) is 5.82 Å². The Kier molecular flexibility index (Phi) is 7.18. The first-order chi connectivity index (χ1) is 13.6. The van der Waals surface area contributed by atoms with Crippen molar-refractivity contribution in [2.45, 2.75) is 33.2 Å². The topological polar surface area (TPSA) is 102 Å². The van der Waals surface area contributed by atoms with Gasteiger partial charge in [-0.25, -0.2) is 9.37 Å². The smallest absolute Gasteiger partial charge is 0.231 e. The average molecular weight is 420 g/mol. The molecule has 2 heterocycles. The molecule has 0 fully saturated rings. The van der Waals surface area contributed by atoms with E-state index in [0.29, 0.717) is 28.7 Å². The Morgan fingerprint density at radius 2 is 2.00 bits per heavy atom. The minimum absolute atomic E-state index is 0.263. The second-order valence-corrected chi connectivity index (χ2v) is 8.35. The fraction of sp³-hybridized carbons (Fsp3) is 0.400. The number of halogens is 1. The van der Waals surface area contributed by atoms with Gasteiger partial charge < -0.3 is 15.8 Å². The lowest BCUT2D eigenvalue weighted by atomic mass is 9.70. The summed E-state index contributed by atoms with van der Waals surface area (Å²) in [5, 5.41) is 3.00. The number of nitrogens with one attached hydrogen (secondary N) is 1. The second-order valence-electron chi connectivity index (χ2n) is 7.35. The standard InChI is InChI=1S/C14H18FN3OS.C6H8N2O/c1-13(2)7-20-12(16)18-14(13,3)10-6-9(17-8-19)4-5-11(10)15;1-5-3-8-6(9-2)4-7-5/h4-6,8H,7H2,1-3H3,(H2,16,18)(H,17,19);3-4H,1-2H3. The number of methoxy groups -OCH3 is 1. The SMILES string of the molecule is CC1(C)CSC(N)=NC1(C)c1cc(NC=O)ccc1F.COc1cnc(C)cn1. The van der Waals surface area contributed by atoms with E-state index in [1.165, 1.54) is 23.9 Å². The lowest BCUT2D eigenvalue weighted by Gasteiger charge is -2.44. The molecule has 0 aliphatic carbocycles. The summed E-state index contributed by atoms with van der Waals surface area (Å²) in [6.45, 7) is 7.83. The van der Waals surface area contributed by atoms with Gasteiger partial charge in [0.15, 0.2) is 5.17 Å². The van der Waals surface area contributed by atoms with Crippen LogP contribution in [-0.2, 0) is 10.3 Å². The van der Waals surface area contributed by atoms with E-state index >= 15 is 0 Å². The number of ether oxygens (including phenoxy) is 1. The highest BCUT2D eigenvalue weighted by Crippen LogP contribution is 2.49. The molecule has 1 aromatic heterocycles. The van der Waals surface area contributed by atoms with Gasteiger partial charge in [-0.2, -0.15) is 0 Å². The van der Waals surface area contributed by atoms with Crippen molar-refractivity contribution in [1.82, 2.24) is 9.97 Å². The molecule has 3 N–H and O–H groups in total. The number of amides is 1. The minimum Gasteiger partial charge on any atom is -0.480 e. The summed E-state index contributed by atoms with van der Waals surface area (Å²) in [5.74, 6) is 0.963. The summed E-state index contributed by atoms with van der Waals surface area (Å²) < 4.78 is 19.1. The first-order valence-corrected chi connectivity index (χ1v) is 9.92. The van der Waals surface area contributed by atoms with Crippen molar-refractivity contribution in [2.24, 2.45) is 16.1 Å². The highest BCUT2D eigenvalue weighted by atomic mass is 32.2. The molecule has 7 nitrogen and oxygen atoms in total. The van der Waals surface area contributed by atoms with Crippen LogP contribution in [0.3, 0.4) is 0 Å². The number of carbonyl (C=O) groups excluding carboxylic acids is 1. The molecule has 0 radical (unpaired) electrons. The number of carbonyl (C=O) groups is 1. The van der Waals surface area contributed by atoms with E-state index in [2.05, 4.69) is 20.3 Å². The van der Waals surface area contributed by atoms with Crippen LogP contribution < -0.4 is 15.8 Å². The average Bonchev–Trinajstić information content (AvgIpc) is 2.68. The van der Waals surface area contributed by atoms with E-state index in [-0.39, 0.29) is 11.2 Å². The van der Waals surface area contributed by atoms with Gasteiger partial charge in [0.2, 0.25) is 12.3 Å². The zero-order chi connectivity index (χ0) is 21.7. The van der Waals surface area contributed by atoms with Gasteiger partial charge in [-0.05, 0) is 32.0 Å². The Morgan fingerprint density at radius 3 is 2.59 bits per heavy atom. The van der Waals surface area contributed by atoms with E-state index in [0.717, 1.165) is 11.4 Å². The number of rotatable bonds is 4. The normalized spacial score (nSPS) is 20.0. The molecule has 1 unspecified atom stereocenters. The van der Waals surface area contributed by atoms with E-state index < -0.39 is 5.54 Å². The molecule has 0 bridgehead atoms. The molecule has 0 saturated carbocycles. The van der Waals surface area contributed by atoms with Crippen molar-refractivity contribution >= 4 is 29.0 Å². The van der Waals surface area contributed by atoms with Gasteiger partial charge in [0, 0.05) is 22.4 Å². The lowest BCUT2D eigenvalue weighted by molar-refractivity contribution is -0.105. The van der Waals surface area contributed by atoms with Gasteiger partial charge in [0.25, 0.3) is 0 Å². The Balaban J connectivity index is 0.000000278. The number of anilines is 1. The van der Waals surface area contributed by atoms with E-state index in [1.54, 1.807) is 25.6 Å². The lowest BCUT2D eigenvalue weighted by Crippen LogP contribution is -2.45. The highest BCUT2D eigenvalue weighted by Gasteiger charge is 2.46. The molecule has 1 atom stereocenters. The predicted molar refractivity (Wildman–Crippen MR) is 115 cm³/mol. The number of benzene rings is 1. The number of aromatic nitrogens is 2. The van der Waals surface area contributed by atoms with Crippen LogP contribution in [0.2, 0.25) is 0 Å². The third-order valence-electron chi connectivity index (χ3n) is 4.92. The predicted octanol–water partition coefficient (Wildman–Crippen LogP) is 3.49. The van der Waals surface area contributed by atoms with Crippen molar-refractivity contribution in [3.05, 3.63) is 47.7 Å². The summed E-state index contributed by atoms with van der Waals surface area (Å²) in [6, 6.07) is 4.49. The van der Waals surface area contributed by atoms with Crippen LogP contribution in [0.15, 0.2) is 35.6 Å². The maximum Gasteiger partial charge on any atom is 0.231 e. The van der Waals surface area contributed by atoms with Gasteiger partial charge >= 0.3 is 0 Å². The van der Waals surface area contributed by atoms with Crippen molar-refractivity contribution in [1.29, 1.82) is 0 Å². The van der Waals surface area contributed by atoms with Crippen molar-refractivity contribution in [2.75, 3.05) is 18.2 Å². The van der Waals surface area contributed by atoms with E-state index in [1.807, 2.05) is 27.7 Å². The maximum absolute atomic E-state index is 14.3. The molecule has 1 aliphatic heterocycles. The number of thioether (sulfide) groups is 1. The molecule has 0 saturated heterocycles. The molecule has 156 valence electrons. The zero-order valence-electron chi connectivity index (χ0n) is 17.2. The molecule has 1 aromatic carbocycles. The van der Waals surface area contributed by atoms with Crippen LogP contribution in [-0.4, -0.2) is 34.4 Å². The summed E-state index contributed by atoms with van der Waals surface area (Å²) in [5.41, 5.74) is 6.68. The molecule has 2 aromatic rings. The van der Waals surface area contributed by atoms with E-state index in [9.17, 15) is 9.18 Å². The number of amidine groups is 1. The molecular formula is C20H26FN5O2S. The van der Waals surface area contributed by atoms with Gasteiger partial charge in [-0.1, -0.05) is 25.6 Å². The van der Waals surface area contributed by atoms with Crippen LogP contribution in [0.25, 0.3) is 0 Å². The molecule has 9 heteroatoms. The van der Waals surface area contributed by atoms with Crippen LogP contribution >= 0.6 is 11.8 Å². The van der Waals surface area contributed by atoms with Crippen molar-refractivity contribution < 1.29 is 13.9 Å². The fourth-order valence-corrected chi connectivity index (χ4v) is 3.80. The van der Waals surface area contributed by atoms with Gasteiger partial charge in [0.05, 0.1) is 30.7 Å². The summed E-state index contributed by atoms with van der Waals surface area (Å²) >= 11 is 1.48. The molecular weight excluding hydrogens is 393 g/mol. The van der Waals surface area contributed by atoms with Crippen molar-refractivity contribution in [3.8, 4) is 5.88 Å².